The molecule has 30 heavy (non-hydrogen) atoms. The van der Waals surface area contributed by atoms with Crippen molar-refractivity contribution < 1.29 is 37.5 Å². The Morgan fingerprint density at radius 2 is 1.80 bits per heavy atom. The first kappa shape index (κ1) is 22.5. The second kappa shape index (κ2) is 9.12. The molecular weight excluding hydrogens is 406 g/mol. The Morgan fingerprint density at radius 3 is 2.23 bits per heavy atom. The summed E-state index contributed by atoms with van der Waals surface area (Å²) >= 11 is 0. The molecule has 0 aliphatic carbocycles. The molecule has 0 fully saturated rings. The molecule has 0 unspecified atom stereocenters. The summed E-state index contributed by atoms with van der Waals surface area (Å²) in [7, 11) is -1.53. The first-order chi connectivity index (χ1) is 14.0. The molecule has 0 spiro atoms. The zero-order valence-electron chi connectivity index (χ0n) is 15.0. The highest BCUT2D eigenvalue weighted by molar-refractivity contribution is 6.58. The van der Waals surface area contributed by atoms with Gasteiger partial charge >= 0.3 is 19.3 Å². The van der Waals surface area contributed by atoms with E-state index < -0.39 is 19.3 Å². The van der Waals surface area contributed by atoms with E-state index in [0.717, 1.165) is 5.56 Å². The van der Waals surface area contributed by atoms with Gasteiger partial charge in [-0.15, -0.1) is 0 Å². The largest absolute Gasteiger partial charge is 0.490 e. The van der Waals surface area contributed by atoms with Gasteiger partial charge < -0.3 is 25.3 Å². The standard InChI is InChI=1S/C16H12BN3O3.C2HF3O2/c18-9-13-12(15-2-1-7-23-15)8-14(20-16(13)19)10-3-5-11(6-4-10)17(21)22;3-2(4,5)1(6)7/h1-8,21-22H,(H2,19,20);(H,6,7). The van der Waals surface area contributed by atoms with E-state index in [1.807, 2.05) is 6.07 Å². The van der Waals surface area contributed by atoms with Crippen LogP contribution in [0.25, 0.3) is 22.6 Å². The van der Waals surface area contributed by atoms with Crippen molar-refractivity contribution in [2.75, 3.05) is 5.73 Å². The van der Waals surface area contributed by atoms with Gasteiger partial charge in [0.1, 0.15) is 23.2 Å². The number of nitriles is 1. The molecule has 1 aromatic carbocycles. The number of aromatic nitrogens is 1. The van der Waals surface area contributed by atoms with Crippen LogP contribution in [-0.2, 0) is 4.79 Å². The monoisotopic (exact) mass is 419 g/mol. The lowest BCUT2D eigenvalue weighted by Crippen LogP contribution is -2.29. The number of nitrogen functional groups attached to an aromatic ring is 1. The fraction of sp³-hybridized carbons (Fsp3) is 0.0556. The number of benzene rings is 1. The van der Waals surface area contributed by atoms with Gasteiger partial charge in [0.2, 0.25) is 0 Å². The van der Waals surface area contributed by atoms with E-state index in [1.54, 1.807) is 42.5 Å². The zero-order chi connectivity index (χ0) is 22.5. The highest BCUT2D eigenvalue weighted by atomic mass is 19.4. The van der Waals surface area contributed by atoms with Gasteiger partial charge in [-0.1, -0.05) is 24.3 Å². The van der Waals surface area contributed by atoms with Crippen LogP contribution in [0.2, 0.25) is 0 Å². The molecule has 8 nitrogen and oxygen atoms in total. The van der Waals surface area contributed by atoms with Crippen LogP contribution in [0.3, 0.4) is 0 Å². The third-order valence-corrected chi connectivity index (χ3v) is 3.69. The van der Waals surface area contributed by atoms with Gasteiger partial charge in [0.25, 0.3) is 0 Å². The summed E-state index contributed by atoms with van der Waals surface area (Å²) in [4.78, 5) is 13.1. The average molecular weight is 419 g/mol. The minimum absolute atomic E-state index is 0.114. The molecular formula is C18H13BF3N3O5. The Balaban J connectivity index is 0.000000396. The van der Waals surface area contributed by atoms with Gasteiger partial charge in [-0.2, -0.15) is 18.4 Å². The molecule has 2 heterocycles. The van der Waals surface area contributed by atoms with E-state index in [2.05, 4.69) is 4.98 Å². The number of alkyl halides is 3. The summed E-state index contributed by atoms with van der Waals surface area (Å²) in [5.41, 5.74) is 8.39. The van der Waals surface area contributed by atoms with Gasteiger partial charge in [-0.05, 0) is 23.7 Å². The van der Waals surface area contributed by atoms with E-state index in [-0.39, 0.29) is 11.4 Å². The van der Waals surface area contributed by atoms with Crippen LogP contribution in [0, 0.1) is 11.3 Å². The van der Waals surface area contributed by atoms with E-state index >= 15 is 0 Å². The lowest BCUT2D eigenvalue weighted by Gasteiger charge is -2.09. The summed E-state index contributed by atoms with van der Waals surface area (Å²) in [6, 6.07) is 13.8. The third-order valence-electron chi connectivity index (χ3n) is 3.69. The van der Waals surface area contributed by atoms with Crippen LogP contribution in [0.1, 0.15) is 5.56 Å². The smallest absolute Gasteiger partial charge is 0.475 e. The molecule has 0 saturated heterocycles. The minimum Gasteiger partial charge on any atom is -0.475 e. The molecule has 154 valence electrons. The number of anilines is 1. The van der Waals surface area contributed by atoms with Crippen LogP contribution in [0.15, 0.2) is 53.1 Å². The number of carboxylic acid groups (broad SMARTS) is 1. The molecule has 2 aromatic heterocycles. The molecule has 0 amide bonds. The lowest BCUT2D eigenvalue weighted by molar-refractivity contribution is -0.192. The Kier molecular flexibility index (Phi) is 6.83. The number of aliphatic carboxylic acids is 1. The van der Waals surface area contributed by atoms with Crippen LogP contribution in [0.4, 0.5) is 19.0 Å². The van der Waals surface area contributed by atoms with Gasteiger partial charge in [-0.25, -0.2) is 9.78 Å². The van der Waals surface area contributed by atoms with Crippen LogP contribution < -0.4 is 11.2 Å². The van der Waals surface area contributed by atoms with Gasteiger partial charge in [0, 0.05) is 11.1 Å². The second-order valence-electron chi connectivity index (χ2n) is 5.70. The van der Waals surface area contributed by atoms with Gasteiger partial charge in [0.15, 0.2) is 0 Å². The number of furan rings is 1. The van der Waals surface area contributed by atoms with Crippen molar-refractivity contribution in [1.82, 2.24) is 4.98 Å². The van der Waals surface area contributed by atoms with E-state index in [1.165, 1.54) is 6.26 Å². The summed E-state index contributed by atoms with van der Waals surface area (Å²) in [6.07, 6.45) is -3.57. The second-order valence-corrected chi connectivity index (χ2v) is 5.70. The maximum atomic E-state index is 10.6. The number of rotatable bonds is 3. The maximum Gasteiger partial charge on any atom is 0.490 e. The van der Waals surface area contributed by atoms with Crippen molar-refractivity contribution in [3.8, 4) is 28.7 Å². The highest BCUT2D eigenvalue weighted by Gasteiger charge is 2.38. The molecule has 0 radical (unpaired) electrons. The van der Waals surface area contributed by atoms with Gasteiger partial charge in [0.05, 0.1) is 12.0 Å². The average Bonchev–Trinajstić information content (AvgIpc) is 3.22. The van der Waals surface area contributed by atoms with Gasteiger partial charge in [-0.3, -0.25) is 0 Å². The predicted octanol–water partition coefficient (Wildman–Crippen LogP) is 1.78. The fourth-order valence-corrected chi connectivity index (χ4v) is 2.28. The predicted molar refractivity (Wildman–Crippen MR) is 100 cm³/mol. The van der Waals surface area contributed by atoms with Crippen LogP contribution in [0.5, 0.6) is 0 Å². The fourth-order valence-electron chi connectivity index (χ4n) is 2.28. The number of pyridine rings is 1. The number of carboxylic acids is 1. The molecule has 3 rings (SSSR count). The first-order valence-electron chi connectivity index (χ1n) is 8.05. The zero-order valence-corrected chi connectivity index (χ0v) is 15.0. The SMILES string of the molecule is N#Cc1c(-c2ccco2)cc(-c2ccc(B(O)O)cc2)nc1N.O=C(O)C(F)(F)F. The van der Waals surface area contributed by atoms with E-state index in [4.69, 9.17) is 30.1 Å². The topological polar surface area (TPSA) is 154 Å². The quantitative estimate of drug-likeness (QED) is 0.469. The van der Waals surface area contributed by atoms with E-state index in [9.17, 15) is 18.4 Å². The molecule has 0 bridgehead atoms. The molecule has 0 atom stereocenters. The minimum atomic E-state index is -5.08. The maximum absolute atomic E-state index is 10.6. The third kappa shape index (κ3) is 5.37. The Hall–Kier alpha value is -3.82. The van der Waals surface area contributed by atoms with Crippen LogP contribution in [-0.4, -0.2) is 39.4 Å². The number of nitrogens with two attached hydrogens (primary N) is 1. The number of hydrogen-bond donors (Lipinski definition) is 4. The summed E-state index contributed by atoms with van der Waals surface area (Å²) < 4.78 is 37.1. The summed E-state index contributed by atoms with van der Waals surface area (Å²) in [6.45, 7) is 0. The number of carbonyl (C=O) groups is 1. The molecule has 0 aliphatic rings. The Labute approximate surface area is 167 Å². The highest BCUT2D eigenvalue weighted by Crippen LogP contribution is 2.31. The first-order valence-corrected chi connectivity index (χ1v) is 8.05. The van der Waals surface area contributed by atoms with Crippen molar-refractivity contribution in [3.05, 3.63) is 54.3 Å². The normalized spacial score (nSPS) is 10.5. The van der Waals surface area contributed by atoms with E-state index in [0.29, 0.717) is 22.5 Å². The van der Waals surface area contributed by atoms with Crippen molar-refractivity contribution in [2.24, 2.45) is 0 Å². The summed E-state index contributed by atoms with van der Waals surface area (Å²) in [5, 5.41) is 34.7. The van der Waals surface area contributed by atoms with Crippen molar-refractivity contribution >= 4 is 24.4 Å². The number of halogens is 3. The Morgan fingerprint density at radius 1 is 1.20 bits per heavy atom. The molecule has 5 N–H and O–H groups in total. The summed E-state index contributed by atoms with van der Waals surface area (Å²) in [5.74, 6) is -2.12. The molecule has 3 aromatic rings. The molecule has 0 saturated carbocycles. The lowest BCUT2D eigenvalue weighted by atomic mass is 9.80. The van der Waals surface area contributed by atoms with Crippen molar-refractivity contribution in [1.29, 1.82) is 5.26 Å². The Bertz CT molecular complexity index is 1060. The molecule has 12 heteroatoms. The van der Waals surface area contributed by atoms with Crippen LogP contribution >= 0.6 is 0 Å². The number of hydrogen-bond acceptors (Lipinski definition) is 7. The number of nitrogens with zero attached hydrogens (tertiary/aromatic N) is 2. The molecule has 0 aliphatic heterocycles. The van der Waals surface area contributed by atoms with Crippen molar-refractivity contribution in [3.63, 3.8) is 0 Å². The van der Waals surface area contributed by atoms with Crippen molar-refractivity contribution in [2.45, 2.75) is 6.18 Å².